The van der Waals surface area contributed by atoms with Gasteiger partial charge in [0.25, 0.3) is 5.91 Å². The molecule has 1 saturated heterocycles. The summed E-state index contributed by atoms with van der Waals surface area (Å²) in [5.74, 6) is -1.84. The Bertz CT molecular complexity index is 951. The summed E-state index contributed by atoms with van der Waals surface area (Å²) in [6, 6.07) is 12.7. The Labute approximate surface area is 158 Å². The summed E-state index contributed by atoms with van der Waals surface area (Å²) in [6.45, 7) is -0.518. The number of nitrogens with one attached hydrogen (secondary N) is 1. The van der Waals surface area contributed by atoms with E-state index in [0.29, 0.717) is 12.1 Å². The number of carbonyl (C=O) groups excluding carboxylic acids is 3. The zero-order chi connectivity index (χ0) is 19.0. The van der Waals surface area contributed by atoms with Gasteiger partial charge in [-0.2, -0.15) is 0 Å². The van der Waals surface area contributed by atoms with Gasteiger partial charge in [-0.3, -0.25) is 14.5 Å². The van der Waals surface area contributed by atoms with Gasteiger partial charge in [-0.1, -0.05) is 30.0 Å². The van der Waals surface area contributed by atoms with Gasteiger partial charge >= 0.3 is 5.97 Å². The second-order valence-electron chi connectivity index (χ2n) is 6.22. The quantitative estimate of drug-likeness (QED) is 0.818. The van der Waals surface area contributed by atoms with E-state index < -0.39 is 29.2 Å². The van der Waals surface area contributed by atoms with Gasteiger partial charge in [0, 0.05) is 23.4 Å². The number of ether oxygens (including phenoxy) is 1. The van der Waals surface area contributed by atoms with E-state index in [4.69, 9.17) is 4.74 Å². The lowest BCUT2D eigenvalue weighted by atomic mass is 10.2. The third-order valence-corrected chi connectivity index (χ3v) is 5.89. The van der Waals surface area contributed by atoms with Crippen molar-refractivity contribution in [3.05, 3.63) is 54.3 Å². The number of hydrogen-bond donors (Lipinski definition) is 1. The highest BCUT2D eigenvalue weighted by atomic mass is 32.2. The van der Waals surface area contributed by atoms with Gasteiger partial charge in [-0.05, 0) is 30.3 Å². The van der Waals surface area contributed by atoms with Crippen LogP contribution in [0.15, 0.2) is 53.4 Å². The van der Waals surface area contributed by atoms with Crippen LogP contribution in [-0.2, 0) is 19.1 Å². The van der Waals surface area contributed by atoms with Crippen molar-refractivity contribution in [2.24, 2.45) is 0 Å². The predicted molar refractivity (Wildman–Crippen MR) is 97.7 cm³/mol. The first-order valence-corrected chi connectivity index (χ1v) is 9.15. The van der Waals surface area contributed by atoms with E-state index in [1.165, 1.54) is 40.9 Å². The number of thioether (sulfide) groups is 1. The molecule has 0 spiro atoms. The minimum absolute atomic E-state index is 0.145. The molecule has 2 aliphatic heterocycles. The fourth-order valence-corrected chi connectivity index (χ4v) is 4.69. The zero-order valence-electron chi connectivity index (χ0n) is 14.1. The van der Waals surface area contributed by atoms with Gasteiger partial charge in [-0.25, -0.2) is 9.18 Å². The lowest BCUT2D eigenvalue weighted by Gasteiger charge is -2.28. The average molecular weight is 386 g/mol. The van der Waals surface area contributed by atoms with Gasteiger partial charge in [0.1, 0.15) is 5.82 Å². The molecule has 2 aliphatic rings. The number of para-hydroxylation sites is 1. The fourth-order valence-electron chi connectivity index (χ4n) is 3.28. The number of benzene rings is 2. The number of rotatable bonds is 4. The van der Waals surface area contributed by atoms with E-state index in [1.807, 2.05) is 12.1 Å². The molecule has 2 aromatic rings. The van der Waals surface area contributed by atoms with E-state index in [2.05, 4.69) is 5.32 Å². The maximum atomic E-state index is 13.2. The second-order valence-corrected chi connectivity index (χ2v) is 7.54. The number of amides is 2. The number of hydrogen-bond acceptors (Lipinski definition) is 5. The summed E-state index contributed by atoms with van der Waals surface area (Å²) in [6.07, 6.45) is 0.557. The Morgan fingerprint density at radius 1 is 1.22 bits per heavy atom. The van der Waals surface area contributed by atoms with Crippen LogP contribution >= 0.6 is 11.8 Å². The summed E-state index contributed by atoms with van der Waals surface area (Å²) in [5, 5.41) is 2.47. The van der Waals surface area contributed by atoms with Crippen molar-refractivity contribution in [1.82, 2.24) is 0 Å². The monoisotopic (exact) mass is 386 g/mol. The number of fused-ring (bicyclic) bond motifs is 3. The van der Waals surface area contributed by atoms with Crippen molar-refractivity contribution in [1.29, 1.82) is 0 Å². The maximum Gasteiger partial charge on any atom is 0.344 e. The van der Waals surface area contributed by atoms with Crippen LogP contribution in [0.25, 0.3) is 0 Å². The van der Waals surface area contributed by atoms with Crippen LogP contribution in [0.4, 0.5) is 15.8 Å². The van der Waals surface area contributed by atoms with Crippen LogP contribution in [0.3, 0.4) is 0 Å². The first kappa shape index (κ1) is 17.5. The van der Waals surface area contributed by atoms with Crippen LogP contribution in [0, 0.1) is 5.82 Å². The number of halogens is 1. The van der Waals surface area contributed by atoms with Crippen LogP contribution in [0.1, 0.15) is 12.8 Å². The standard InChI is InChI=1S/C19H15FN2O4S/c20-12-4-3-5-13(10-12)21-16(23)11-26-18(25)19-9-8-17(24)22(19)14-6-1-2-7-15(14)27-19/h1-7,10H,8-9,11H2,(H,21,23)/t19-/m0/s1. The van der Waals surface area contributed by atoms with E-state index in [1.54, 1.807) is 12.1 Å². The van der Waals surface area contributed by atoms with E-state index in [9.17, 15) is 18.8 Å². The first-order chi connectivity index (χ1) is 13.0. The Hall–Kier alpha value is -2.87. The Morgan fingerprint density at radius 3 is 2.85 bits per heavy atom. The Balaban J connectivity index is 1.45. The highest BCUT2D eigenvalue weighted by molar-refractivity contribution is 8.02. The summed E-state index contributed by atoms with van der Waals surface area (Å²) in [7, 11) is 0. The molecular formula is C19H15FN2O4S. The highest BCUT2D eigenvalue weighted by Gasteiger charge is 2.58. The normalized spacial score (nSPS) is 20.2. The zero-order valence-corrected chi connectivity index (χ0v) is 14.9. The van der Waals surface area contributed by atoms with Crippen molar-refractivity contribution in [2.45, 2.75) is 22.6 Å². The molecule has 2 heterocycles. The van der Waals surface area contributed by atoms with Crippen molar-refractivity contribution < 1.29 is 23.5 Å². The summed E-state index contributed by atoms with van der Waals surface area (Å²) >= 11 is 1.27. The minimum Gasteiger partial charge on any atom is -0.453 e. The third kappa shape index (κ3) is 3.06. The van der Waals surface area contributed by atoms with Gasteiger partial charge in [-0.15, -0.1) is 0 Å². The molecule has 0 aromatic heterocycles. The molecule has 1 atom stereocenters. The molecule has 0 aliphatic carbocycles. The maximum absolute atomic E-state index is 13.2. The van der Waals surface area contributed by atoms with E-state index in [-0.39, 0.29) is 18.0 Å². The Morgan fingerprint density at radius 2 is 2.04 bits per heavy atom. The van der Waals surface area contributed by atoms with Crippen LogP contribution in [0.2, 0.25) is 0 Å². The second kappa shape index (κ2) is 6.70. The molecule has 8 heteroatoms. The molecular weight excluding hydrogens is 371 g/mol. The van der Waals surface area contributed by atoms with Gasteiger partial charge < -0.3 is 10.1 Å². The fraction of sp³-hybridized carbons (Fsp3) is 0.211. The average Bonchev–Trinajstić information content (AvgIpc) is 3.15. The molecule has 1 fully saturated rings. The SMILES string of the molecule is O=C(COC(=O)[C@@]12CCC(=O)N1c1ccccc1S2)Nc1cccc(F)c1. The highest BCUT2D eigenvalue weighted by Crippen LogP contribution is 2.56. The molecule has 2 aromatic carbocycles. The smallest absolute Gasteiger partial charge is 0.344 e. The van der Waals surface area contributed by atoms with Crippen molar-refractivity contribution >= 4 is 40.9 Å². The van der Waals surface area contributed by atoms with Gasteiger partial charge in [0.05, 0.1) is 5.69 Å². The number of esters is 1. The number of nitrogens with zero attached hydrogens (tertiary/aromatic N) is 1. The number of carbonyl (C=O) groups is 3. The molecule has 1 N–H and O–H groups in total. The van der Waals surface area contributed by atoms with Gasteiger partial charge in [0.2, 0.25) is 5.91 Å². The molecule has 27 heavy (non-hydrogen) atoms. The summed E-state index contributed by atoms with van der Waals surface area (Å²) in [5.41, 5.74) is 0.959. The molecule has 2 amide bonds. The largest absolute Gasteiger partial charge is 0.453 e. The molecule has 6 nitrogen and oxygen atoms in total. The topological polar surface area (TPSA) is 75.7 Å². The lowest BCUT2D eigenvalue weighted by Crippen LogP contribution is -2.48. The molecule has 4 rings (SSSR count). The minimum atomic E-state index is -1.17. The Kier molecular flexibility index (Phi) is 4.35. The van der Waals surface area contributed by atoms with Crippen molar-refractivity contribution in [3.63, 3.8) is 0 Å². The lowest BCUT2D eigenvalue weighted by molar-refractivity contribution is -0.149. The van der Waals surface area contributed by atoms with Crippen molar-refractivity contribution in [3.8, 4) is 0 Å². The van der Waals surface area contributed by atoms with E-state index in [0.717, 1.165) is 4.90 Å². The molecule has 0 unspecified atom stereocenters. The molecule has 0 radical (unpaired) electrons. The van der Waals surface area contributed by atoms with Crippen LogP contribution < -0.4 is 10.2 Å². The summed E-state index contributed by atoms with van der Waals surface area (Å²) < 4.78 is 18.4. The van der Waals surface area contributed by atoms with Crippen LogP contribution in [0.5, 0.6) is 0 Å². The number of anilines is 2. The van der Waals surface area contributed by atoms with Crippen molar-refractivity contribution in [2.75, 3.05) is 16.8 Å². The first-order valence-electron chi connectivity index (χ1n) is 8.33. The van der Waals surface area contributed by atoms with Gasteiger partial charge in [0.15, 0.2) is 11.5 Å². The molecule has 0 saturated carbocycles. The van der Waals surface area contributed by atoms with E-state index >= 15 is 0 Å². The molecule has 138 valence electrons. The predicted octanol–water partition coefficient (Wildman–Crippen LogP) is 2.94. The third-order valence-electron chi connectivity index (χ3n) is 4.43. The van der Waals surface area contributed by atoms with Crippen LogP contribution in [-0.4, -0.2) is 29.3 Å². The summed E-state index contributed by atoms with van der Waals surface area (Å²) in [4.78, 5) is 38.3. The molecule has 0 bridgehead atoms.